The lowest BCUT2D eigenvalue weighted by Gasteiger charge is -2.67. The molecule has 4 aliphatic carbocycles. The first-order valence-electron chi connectivity index (χ1n) is 15.9. The minimum Gasteiger partial charge on any atom is -0.390 e. The Morgan fingerprint density at radius 3 is 2.47 bits per heavy atom. The molecule has 0 aromatic rings. The van der Waals surface area contributed by atoms with Crippen molar-refractivity contribution < 1.29 is 65.7 Å². The number of hydrogen-bond donors (Lipinski definition) is 4. The van der Waals surface area contributed by atoms with E-state index >= 15 is 4.39 Å². The van der Waals surface area contributed by atoms with Gasteiger partial charge in [0, 0.05) is 35.4 Å². The van der Waals surface area contributed by atoms with Crippen LogP contribution in [0.15, 0.2) is 48.1 Å². The first kappa shape index (κ1) is 36.2. The van der Waals surface area contributed by atoms with Crippen molar-refractivity contribution in [2.45, 2.75) is 56.9 Å². The molecule has 1 spiro atoms. The van der Waals surface area contributed by atoms with E-state index in [9.17, 15) is 43.2 Å². The zero-order chi connectivity index (χ0) is 35.8. The van der Waals surface area contributed by atoms with Gasteiger partial charge >= 0.3 is 15.6 Å². The zero-order valence-electron chi connectivity index (χ0n) is 26.9. The van der Waals surface area contributed by atoms with Crippen LogP contribution in [0.3, 0.4) is 0 Å². The number of aliphatic hydroxyl groups is 1. The summed E-state index contributed by atoms with van der Waals surface area (Å²) in [5.74, 6) is -4.31. The fourth-order valence-electron chi connectivity index (χ4n) is 9.30. The molecule has 2 unspecified atom stereocenters. The van der Waals surface area contributed by atoms with Gasteiger partial charge in [-0.2, -0.15) is 4.31 Å². The third-order valence-corrected chi connectivity index (χ3v) is 14.0. The predicted molar refractivity (Wildman–Crippen MR) is 167 cm³/mol. The number of imide groups is 1. The van der Waals surface area contributed by atoms with Gasteiger partial charge in [-0.3, -0.25) is 33.1 Å². The second-order valence-electron chi connectivity index (χ2n) is 13.8. The fourth-order valence-corrected chi connectivity index (χ4v) is 11.3. The second-order valence-corrected chi connectivity index (χ2v) is 16.9. The van der Waals surface area contributed by atoms with Crippen molar-refractivity contribution >= 4 is 39.2 Å². The van der Waals surface area contributed by atoms with Crippen LogP contribution in [0, 0.1) is 28.6 Å². The van der Waals surface area contributed by atoms with E-state index in [0.717, 1.165) is 23.3 Å². The molecular weight excluding hydrogens is 689 g/mol. The summed E-state index contributed by atoms with van der Waals surface area (Å²) in [7, 11) is -10.7. The molecule has 0 bridgehead atoms. The molecule has 10 atom stereocenters. The molecule has 2 aliphatic heterocycles. The Labute approximate surface area is 281 Å². The highest BCUT2D eigenvalue weighted by Crippen LogP contribution is 2.75. The molecule has 49 heavy (non-hydrogen) atoms. The van der Waals surface area contributed by atoms with Gasteiger partial charge in [0.15, 0.2) is 11.5 Å². The topological polar surface area (TPSA) is 215 Å². The Kier molecular flexibility index (Phi) is 9.03. The van der Waals surface area contributed by atoms with Gasteiger partial charge in [0.1, 0.15) is 18.8 Å². The Bertz CT molecular complexity index is 1680. The highest BCUT2D eigenvalue weighted by Gasteiger charge is 2.81. The third-order valence-electron chi connectivity index (χ3n) is 11.4. The molecule has 15 nitrogen and oxygen atoms in total. The van der Waals surface area contributed by atoms with Gasteiger partial charge in [-0.1, -0.05) is 37.3 Å². The minimum atomic E-state index is -5.39. The SMILES string of the molecule is C=C1C=C[C@@]2(C)C(=C1)CC[C@H]1[C@@H]3C[C@@H](C)[C@@]4(C(=O)COP(=O)(O)OP(=O)(O)OCCNC(=O)CN5C(=O)C=CC5=O)OC[C@]34C[C@H](O)[C@@]12F. The number of amides is 3. The fraction of sp³-hybridized carbons (Fsp3) is 0.613. The van der Waals surface area contributed by atoms with Crippen molar-refractivity contribution in [3.8, 4) is 0 Å². The number of halogens is 1. The van der Waals surface area contributed by atoms with E-state index in [1.807, 2.05) is 6.08 Å². The Balaban J connectivity index is 1.06. The molecule has 6 rings (SSSR count). The van der Waals surface area contributed by atoms with E-state index in [1.165, 1.54) is 0 Å². The third kappa shape index (κ3) is 5.60. The smallest absolute Gasteiger partial charge is 0.390 e. The van der Waals surface area contributed by atoms with Crippen LogP contribution in [-0.4, -0.2) is 93.6 Å². The van der Waals surface area contributed by atoms with E-state index in [0.29, 0.717) is 24.2 Å². The molecule has 4 N–H and O–H groups in total. The number of alkyl halides is 1. The second kappa shape index (κ2) is 12.2. The number of allylic oxidation sites excluding steroid dienone is 5. The van der Waals surface area contributed by atoms with Gasteiger partial charge in [-0.25, -0.2) is 13.5 Å². The number of rotatable bonds is 12. The van der Waals surface area contributed by atoms with Crippen LogP contribution < -0.4 is 5.32 Å². The van der Waals surface area contributed by atoms with E-state index in [4.69, 9.17) is 9.26 Å². The lowest BCUT2D eigenvalue weighted by atomic mass is 9.43. The molecular formula is C31H39FN2O13P2. The Morgan fingerprint density at radius 2 is 1.82 bits per heavy atom. The number of carbonyl (C=O) groups is 4. The number of carbonyl (C=O) groups excluding carboxylic acids is 4. The zero-order valence-corrected chi connectivity index (χ0v) is 28.7. The van der Waals surface area contributed by atoms with Crippen LogP contribution in [0.25, 0.3) is 0 Å². The Morgan fingerprint density at radius 1 is 1.14 bits per heavy atom. The number of nitrogens with zero attached hydrogens (tertiary/aromatic N) is 1. The van der Waals surface area contributed by atoms with Crippen LogP contribution in [0.2, 0.25) is 0 Å². The van der Waals surface area contributed by atoms with Gasteiger partial charge in [-0.05, 0) is 50.0 Å². The van der Waals surface area contributed by atoms with Crippen molar-refractivity contribution in [1.82, 2.24) is 10.2 Å². The molecule has 1 saturated heterocycles. The maximum atomic E-state index is 17.5. The lowest BCUT2D eigenvalue weighted by molar-refractivity contribution is -0.309. The molecule has 3 saturated carbocycles. The number of aliphatic hydroxyl groups excluding tert-OH is 1. The number of ketones is 1. The summed E-state index contributed by atoms with van der Waals surface area (Å²) in [4.78, 5) is 69.7. The van der Waals surface area contributed by atoms with Crippen molar-refractivity contribution in [2.75, 3.05) is 32.9 Å². The molecule has 4 fully saturated rings. The van der Waals surface area contributed by atoms with Crippen molar-refractivity contribution in [2.24, 2.45) is 28.6 Å². The van der Waals surface area contributed by atoms with Crippen LogP contribution in [0.4, 0.5) is 4.39 Å². The van der Waals surface area contributed by atoms with E-state index in [2.05, 4.69) is 20.7 Å². The van der Waals surface area contributed by atoms with Gasteiger partial charge < -0.3 is 24.9 Å². The number of Topliss-reactive ketones (excluding diaryl/α,β-unsaturated/α-hetero) is 1. The molecule has 0 aromatic carbocycles. The van der Waals surface area contributed by atoms with Crippen molar-refractivity contribution in [3.05, 3.63) is 48.1 Å². The highest BCUT2D eigenvalue weighted by molar-refractivity contribution is 7.61. The average Bonchev–Trinajstić information content (AvgIpc) is 3.40. The van der Waals surface area contributed by atoms with E-state index < -0.39 is 105 Å². The number of fused-ring (bicyclic) bond motifs is 4. The quantitative estimate of drug-likeness (QED) is 0.129. The van der Waals surface area contributed by atoms with Crippen LogP contribution >= 0.6 is 15.6 Å². The first-order valence-corrected chi connectivity index (χ1v) is 18.9. The maximum Gasteiger partial charge on any atom is 0.481 e. The van der Waals surface area contributed by atoms with Crippen LogP contribution in [0.1, 0.15) is 39.5 Å². The molecule has 6 aliphatic rings. The lowest BCUT2D eigenvalue weighted by Crippen LogP contribution is -2.76. The largest absolute Gasteiger partial charge is 0.481 e. The van der Waals surface area contributed by atoms with Gasteiger partial charge in [0.05, 0.1) is 19.3 Å². The van der Waals surface area contributed by atoms with Crippen LogP contribution in [-0.2, 0) is 46.4 Å². The summed E-state index contributed by atoms with van der Waals surface area (Å²) >= 11 is 0. The predicted octanol–water partition coefficient (Wildman–Crippen LogP) is 2.20. The number of phosphoric acid groups is 2. The van der Waals surface area contributed by atoms with Crippen molar-refractivity contribution in [1.29, 1.82) is 0 Å². The minimum absolute atomic E-state index is 0.0779. The summed E-state index contributed by atoms with van der Waals surface area (Å²) in [5.41, 5.74) is -3.98. The first-order chi connectivity index (χ1) is 22.8. The number of phosphoric ester groups is 2. The highest BCUT2D eigenvalue weighted by atomic mass is 31.3. The van der Waals surface area contributed by atoms with Gasteiger partial charge in [0.2, 0.25) is 5.91 Å². The summed E-state index contributed by atoms with van der Waals surface area (Å²) in [6.45, 7) is 4.86. The average molecular weight is 729 g/mol. The van der Waals surface area contributed by atoms with E-state index in [1.54, 1.807) is 26.0 Å². The summed E-state index contributed by atoms with van der Waals surface area (Å²) < 4.78 is 62.2. The van der Waals surface area contributed by atoms with Crippen molar-refractivity contribution in [3.63, 3.8) is 0 Å². The number of nitrogens with one attached hydrogen (secondary N) is 1. The number of hydrogen-bond acceptors (Lipinski definition) is 11. The molecule has 3 amide bonds. The normalized spacial score (nSPS) is 39.9. The van der Waals surface area contributed by atoms with Gasteiger partial charge in [-0.15, -0.1) is 0 Å². The van der Waals surface area contributed by atoms with Crippen LogP contribution in [0.5, 0.6) is 0 Å². The van der Waals surface area contributed by atoms with E-state index in [-0.39, 0.29) is 18.9 Å². The maximum absolute atomic E-state index is 17.5. The van der Waals surface area contributed by atoms with Gasteiger partial charge in [0.25, 0.3) is 11.8 Å². The standard InChI is InChI=1S/C31H39FN2O13P2/c1-18-8-9-28(3)20(12-18)4-5-21-22-13-19(2)31(29(22,17-44-31)14-23(35)30(21,28)32)24(36)16-46-49(42,43)47-48(40,41)45-11-10-33-25(37)15-34-26(38)6-7-27(34)39/h6-9,12,19,21-23,35H,1,4-5,10-11,13-17H2,2-3H3,(H,33,37)(H,40,41)(H,42,43)/t19-,21+,22+,23+,28+,29-,30+,31+/m1/s1. The number of ether oxygens (including phenoxy) is 1. The summed E-state index contributed by atoms with van der Waals surface area (Å²) in [6.07, 6.45) is 7.31. The Hall–Kier alpha value is -2.65. The summed E-state index contributed by atoms with van der Waals surface area (Å²) in [5, 5.41) is 13.8. The molecule has 2 heterocycles. The molecule has 268 valence electrons. The summed E-state index contributed by atoms with van der Waals surface area (Å²) in [6, 6.07) is 0. The monoisotopic (exact) mass is 728 g/mol. The molecule has 0 aromatic heterocycles. The molecule has 0 radical (unpaired) electrons. The molecule has 18 heteroatoms.